The molecule has 0 unspecified atom stereocenters. The van der Waals surface area contributed by atoms with E-state index in [1.165, 1.54) is 12.1 Å². The number of nitrogens with one attached hydrogen (secondary N) is 1. The van der Waals surface area contributed by atoms with Crippen molar-refractivity contribution in [3.8, 4) is 0 Å². The summed E-state index contributed by atoms with van der Waals surface area (Å²) in [6.07, 6.45) is 0.907. The van der Waals surface area contributed by atoms with Crippen LogP contribution in [0.5, 0.6) is 0 Å². The van der Waals surface area contributed by atoms with E-state index in [1.807, 2.05) is 0 Å². The average Bonchev–Trinajstić information content (AvgIpc) is 2.41. The molecule has 7 heteroatoms. The van der Waals surface area contributed by atoms with Gasteiger partial charge in [0, 0.05) is 18.9 Å². The molecule has 1 saturated heterocycles. The van der Waals surface area contributed by atoms with Gasteiger partial charge in [-0.15, -0.1) is 0 Å². The van der Waals surface area contributed by atoms with Crippen molar-refractivity contribution in [3.63, 3.8) is 0 Å². The Hall–Kier alpha value is -1.63. The number of hydrogen-bond acceptors (Lipinski definition) is 4. The van der Waals surface area contributed by atoms with Crippen LogP contribution < -0.4 is 16.8 Å². The lowest BCUT2D eigenvalue weighted by Crippen LogP contribution is -2.54. The smallest absolute Gasteiger partial charge is 0.250 e. The Morgan fingerprint density at radius 3 is 2.55 bits per heavy atom. The summed E-state index contributed by atoms with van der Waals surface area (Å²) in [7, 11) is 0. The fourth-order valence-corrected chi connectivity index (χ4v) is 2.22. The van der Waals surface area contributed by atoms with Gasteiger partial charge in [-0.05, 0) is 31.0 Å². The predicted octanol–water partition coefficient (Wildman–Crippen LogP) is 0.885. The zero-order chi connectivity index (χ0) is 14.8. The number of amides is 2. The van der Waals surface area contributed by atoms with Crippen LogP contribution in [0.15, 0.2) is 18.2 Å². The van der Waals surface area contributed by atoms with Gasteiger partial charge in [-0.3, -0.25) is 9.59 Å². The molecule has 5 N–H and O–H groups in total. The largest absolute Gasteiger partial charge is 0.381 e. The molecule has 2 amide bonds. The highest BCUT2D eigenvalue weighted by Crippen LogP contribution is 2.23. The van der Waals surface area contributed by atoms with Crippen LogP contribution in [0.1, 0.15) is 23.2 Å². The van der Waals surface area contributed by atoms with Crippen LogP contribution in [0.3, 0.4) is 0 Å². The van der Waals surface area contributed by atoms with Crippen molar-refractivity contribution in [2.45, 2.75) is 18.4 Å². The van der Waals surface area contributed by atoms with Gasteiger partial charge in [0.25, 0.3) is 0 Å². The average molecular weight is 298 g/mol. The number of hydrogen-bond donors (Lipinski definition) is 3. The summed E-state index contributed by atoms with van der Waals surface area (Å²) < 4.78 is 5.19. The number of benzene rings is 1. The van der Waals surface area contributed by atoms with Gasteiger partial charge in [0.1, 0.15) is 5.54 Å². The van der Waals surface area contributed by atoms with Crippen molar-refractivity contribution >= 4 is 29.1 Å². The van der Waals surface area contributed by atoms with Crippen molar-refractivity contribution in [1.82, 2.24) is 0 Å². The van der Waals surface area contributed by atoms with Crippen LogP contribution in [0.2, 0.25) is 5.02 Å². The van der Waals surface area contributed by atoms with E-state index in [-0.39, 0.29) is 16.5 Å². The minimum Gasteiger partial charge on any atom is -0.381 e. The fraction of sp³-hybridized carbons (Fsp3) is 0.385. The quantitative estimate of drug-likeness (QED) is 0.770. The first-order valence-corrected chi connectivity index (χ1v) is 6.58. The van der Waals surface area contributed by atoms with Gasteiger partial charge < -0.3 is 21.5 Å². The predicted molar refractivity (Wildman–Crippen MR) is 75.6 cm³/mol. The fourth-order valence-electron chi connectivity index (χ4n) is 2.01. The van der Waals surface area contributed by atoms with Crippen LogP contribution in [0.4, 0.5) is 5.69 Å². The Bertz CT molecular complexity index is 542. The van der Waals surface area contributed by atoms with Crippen molar-refractivity contribution in [3.05, 3.63) is 28.8 Å². The minimum atomic E-state index is -0.954. The summed E-state index contributed by atoms with van der Waals surface area (Å²) in [4.78, 5) is 23.4. The molecule has 0 saturated carbocycles. The van der Waals surface area contributed by atoms with E-state index in [0.29, 0.717) is 31.7 Å². The third-order valence-corrected chi connectivity index (χ3v) is 3.66. The van der Waals surface area contributed by atoms with E-state index in [4.69, 9.17) is 27.8 Å². The van der Waals surface area contributed by atoms with Gasteiger partial charge in [-0.2, -0.15) is 0 Å². The first-order valence-electron chi connectivity index (χ1n) is 6.20. The van der Waals surface area contributed by atoms with Crippen LogP contribution >= 0.6 is 11.6 Å². The summed E-state index contributed by atoms with van der Waals surface area (Å²) in [5.41, 5.74) is 10.9. The Labute approximate surface area is 121 Å². The summed E-state index contributed by atoms with van der Waals surface area (Å²) >= 11 is 5.85. The number of ether oxygens (including phenoxy) is 1. The topological polar surface area (TPSA) is 107 Å². The first-order chi connectivity index (χ1) is 9.42. The van der Waals surface area contributed by atoms with Crippen molar-refractivity contribution in [1.29, 1.82) is 0 Å². The van der Waals surface area contributed by atoms with E-state index in [2.05, 4.69) is 5.32 Å². The lowest BCUT2D eigenvalue weighted by atomic mass is 9.90. The van der Waals surface area contributed by atoms with Crippen LogP contribution in [0.25, 0.3) is 0 Å². The molecule has 0 aliphatic carbocycles. The maximum absolute atomic E-state index is 12.2. The highest BCUT2D eigenvalue weighted by molar-refractivity contribution is 6.34. The van der Waals surface area contributed by atoms with Gasteiger partial charge in [0.2, 0.25) is 11.8 Å². The lowest BCUT2D eigenvalue weighted by Gasteiger charge is -2.31. The van der Waals surface area contributed by atoms with E-state index >= 15 is 0 Å². The normalized spacial score (nSPS) is 17.5. The molecule has 0 atom stereocenters. The molecular weight excluding hydrogens is 282 g/mol. The third-order valence-electron chi connectivity index (χ3n) is 3.33. The molecule has 1 aliphatic rings. The SMILES string of the molecule is NC(=O)c1cc(NC(=O)C2(N)CCOCC2)ccc1Cl. The lowest BCUT2D eigenvalue weighted by molar-refractivity contribution is -0.124. The van der Waals surface area contributed by atoms with Crippen molar-refractivity contribution < 1.29 is 14.3 Å². The molecule has 1 aromatic carbocycles. The van der Waals surface area contributed by atoms with E-state index in [9.17, 15) is 9.59 Å². The highest BCUT2D eigenvalue weighted by Gasteiger charge is 2.35. The highest BCUT2D eigenvalue weighted by atomic mass is 35.5. The van der Waals surface area contributed by atoms with Crippen molar-refractivity contribution in [2.24, 2.45) is 11.5 Å². The van der Waals surface area contributed by atoms with E-state index in [0.717, 1.165) is 0 Å². The molecule has 1 heterocycles. The number of nitrogens with two attached hydrogens (primary N) is 2. The molecule has 0 radical (unpaired) electrons. The second kappa shape index (κ2) is 5.78. The van der Waals surface area contributed by atoms with Crippen LogP contribution in [-0.2, 0) is 9.53 Å². The Kier molecular flexibility index (Phi) is 4.27. The molecular formula is C13H16ClN3O3. The van der Waals surface area contributed by atoms with Gasteiger partial charge in [-0.25, -0.2) is 0 Å². The molecule has 0 aromatic heterocycles. The zero-order valence-electron chi connectivity index (χ0n) is 10.8. The van der Waals surface area contributed by atoms with Gasteiger partial charge >= 0.3 is 0 Å². The third kappa shape index (κ3) is 3.09. The number of rotatable bonds is 3. The second-order valence-electron chi connectivity index (χ2n) is 4.78. The monoisotopic (exact) mass is 297 g/mol. The minimum absolute atomic E-state index is 0.155. The summed E-state index contributed by atoms with van der Waals surface area (Å²) in [6.45, 7) is 0.911. The maximum atomic E-state index is 12.2. The molecule has 6 nitrogen and oxygen atoms in total. The summed E-state index contributed by atoms with van der Waals surface area (Å²) in [5, 5.41) is 2.93. The van der Waals surface area contributed by atoms with Gasteiger partial charge in [-0.1, -0.05) is 11.6 Å². The van der Waals surface area contributed by atoms with Crippen molar-refractivity contribution in [2.75, 3.05) is 18.5 Å². The number of primary amides is 1. The van der Waals surface area contributed by atoms with E-state index in [1.54, 1.807) is 6.07 Å². The molecule has 0 spiro atoms. The second-order valence-corrected chi connectivity index (χ2v) is 5.19. The van der Waals surface area contributed by atoms with Gasteiger partial charge in [0.15, 0.2) is 0 Å². The Morgan fingerprint density at radius 1 is 1.30 bits per heavy atom. The van der Waals surface area contributed by atoms with Crippen LogP contribution in [0, 0.1) is 0 Å². The number of anilines is 1. The maximum Gasteiger partial charge on any atom is 0.250 e. The summed E-state index contributed by atoms with van der Waals surface area (Å²) in [5.74, 6) is -0.960. The first kappa shape index (κ1) is 14.8. The molecule has 1 aromatic rings. The number of carbonyl (C=O) groups excluding carboxylic acids is 2. The van der Waals surface area contributed by atoms with Crippen LogP contribution in [-0.4, -0.2) is 30.6 Å². The summed E-state index contributed by atoms with van der Waals surface area (Å²) in [6, 6.07) is 4.53. The number of halogens is 1. The molecule has 108 valence electrons. The van der Waals surface area contributed by atoms with Gasteiger partial charge in [0.05, 0.1) is 10.6 Å². The molecule has 1 fully saturated rings. The Morgan fingerprint density at radius 2 is 1.95 bits per heavy atom. The number of carbonyl (C=O) groups is 2. The molecule has 0 bridgehead atoms. The standard InChI is InChI=1S/C13H16ClN3O3/c14-10-2-1-8(7-9(10)11(15)18)17-12(19)13(16)3-5-20-6-4-13/h1-2,7H,3-6,16H2,(H2,15,18)(H,17,19). The zero-order valence-corrected chi connectivity index (χ0v) is 11.6. The van der Waals surface area contributed by atoms with E-state index < -0.39 is 11.4 Å². The Balaban J connectivity index is 2.15. The molecule has 2 rings (SSSR count). The molecule has 1 aliphatic heterocycles. The molecule has 20 heavy (non-hydrogen) atoms.